The number of morpholine rings is 1. The van der Waals surface area contributed by atoms with Crippen LogP contribution in [0.1, 0.15) is 32.6 Å². The van der Waals surface area contributed by atoms with E-state index in [4.69, 9.17) is 10.5 Å². The molecule has 3 N–H and O–H groups in total. The Balaban J connectivity index is 1.89. The van der Waals surface area contributed by atoms with E-state index in [1.54, 1.807) is 0 Å². The molecular formula is C12H23N3O2. The Morgan fingerprint density at radius 2 is 2.18 bits per heavy atom. The molecule has 2 unspecified atom stereocenters. The first-order chi connectivity index (χ1) is 8.10. The third-order valence-electron chi connectivity index (χ3n) is 3.76. The first-order valence-electron chi connectivity index (χ1n) is 6.53. The van der Waals surface area contributed by atoms with E-state index in [1.165, 1.54) is 6.42 Å². The predicted octanol–water partition coefficient (Wildman–Crippen LogP) is 0.257. The van der Waals surface area contributed by atoms with E-state index in [0.717, 1.165) is 32.4 Å². The summed E-state index contributed by atoms with van der Waals surface area (Å²) in [6.07, 6.45) is 3.83. The number of carbonyl (C=O) groups is 1. The van der Waals surface area contributed by atoms with Crippen molar-refractivity contribution in [3.05, 3.63) is 0 Å². The molecule has 0 aromatic heterocycles. The van der Waals surface area contributed by atoms with E-state index in [9.17, 15) is 4.79 Å². The van der Waals surface area contributed by atoms with E-state index >= 15 is 0 Å². The van der Waals surface area contributed by atoms with Gasteiger partial charge in [-0.05, 0) is 18.8 Å². The molecule has 1 saturated heterocycles. The maximum absolute atomic E-state index is 12.2. The lowest BCUT2D eigenvalue weighted by Gasteiger charge is -2.37. The van der Waals surface area contributed by atoms with Crippen LogP contribution in [-0.4, -0.2) is 42.8 Å². The number of rotatable bonds is 2. The molecule has 5 nitrogen and oxygen atoms in total. The Bertz CT molecular complexity index is 279. The second-order valence-corrected chi connectivity index (χ2v) is 5.40. The molecule has 0 spiro atoms. The highest BCUT2D eigenvalue weighted by atomic mass is 16.5. The fraction of sp³-hybridized carbons (Fsp3) is 0.917. The van der Waals surface area contributed by atoms with Crippen LogP contribution in [0, 0.1) is 5.92 Å². The van der Waals surface area contributed by atoms with E-state index < -0.39 is 5.54 Å². The quantitative estimate of drug-likeness (QED) is 0.727. The van der Waals surface area contributed by atoms with Crippen LogP contribution in [0.15, 0.2) is 0 Å². The van der Waals surface area contributed by atoms with Gasteiger partial charge in [-0.1, -0.05) is 19.8 Å². The van der Waals surface area contributed by atoms with E-state index in [-0.39, 0.29) is 5.91 Å². The van der Waals surface area contributed by atoms with Crippen LogP contribution in [0.5, 0.6) is 0 Å². The van der Waals surface area contributed by atoms with Gasteiger partial charge in [0.25, 0.3) is 5.91 Å². The molecule has 98 valence electrons. The van der Waals surface area contributed by atoms with Gasteiger partial charge in [-0.15, -0.1) is 0 Å². The molecule has 0 radical (unpaired) electrons. The van der Waals surface area contributed by atoms with Crippen LogP contribution in [-0.2, 0) is 9.53 Å². The largest absolute Gasteiger partial charge is 0.379 e. The smallest absolute Gasteiger partial charge is 0.254 e. The third kappa shape index (κ3) is 3.18. The fourth-order valence-corrected chi connectivity index (χ4v) is 2.73. The molecule has 1 amide bonds. The zero-order valence-electron chi connectivity index (χ0n) is 10.6. The Morgan fingerprint density at radius 1 is 1.47 bits per heavy atom. The Hall–Kier alpha value is -0.650. The number of nitrogens with two attached hydrogens (primary N) is 1. The molecule has 1 saturated carbocycles. The van der Waals surface area contributed by atoms with Gasteiger partial charge < -0.3 is 10.5 Å². The molecule has 2 aliphatic rings. The van der Waals surface area contributed by atoms with Crippen molar-refractivity contribution in [2.24, 2.45) is 11.7 Å². The summed E-state index contributed by atoms with van der Waals surface area (Å²) in [6, 6.07) is 0. The van der Waals surface area contributed by atoms with E-state index in [2.05, 4.69) is 12.3 Å². The number of nitrogens with zero attached hydrogens (tertiary/aromatic N) is 1. The minimum atomic E-state index is -0.671. The first kappa shape index (κ1) is 12.8. The maximum Gasteiger partial charge on any atom is 0.254 e. The number of nitrogens with one attached hydrogen (secondary N) is 1. The van der Waals surface area contributed by atoms with Crippen molar-refractivity contribution in [1.29, 1.82) is 0 Å². The van der Waals surface area contributed by atoms with Crippen LogP contribution < -0.4 is 11.2 Å². The third-order valence-corrected chi connectivity index (χ3v) is 3.76. The number of hydrogen-bond donors (Lipinski definition) is 2. The molecular weight excluding hydrogens is 218 g/mol. The Labute approximate surface area is 103 Å². The van der Waals surface area contributed by atoms with Gasteiger partial charge in [0.15, 0.2) is 0 Å². The summed E-state index contributed by atoms with van der Waals surface area (Å²) >= 11 is 0. The number of carbonyl (C=O) groups excluding carboxylic acids is 1. The Morgan fingerprint density at radius 3 is 2.82 bits per heavy atom. The highest BCUT2D eigenvalue weighted by Crippen LogP contribution is 2.30. The second kappa shape index (κ2) is 5.33. The molecule has 0 aromatic rings. The lowest BCUT2D eigenvalue weighted by molar-refractivity contribution is -0.135. The molecule has 1 aliphatic carbocycles. The van der Waals surface area contributed by atoms with Crippen molar-refractivity contribution in [3.63, 3.8) is 0 Å². The molecule has 1 heterocycles. The fourth-order valence-electron chi connectivity index (χ4n) is 2.73. The van der Waals surface area contributed by atoms with Crippen molar-refractivity contribution in [1.82, 2.24) is 10.4 Å². The molecule has 17 heavy (non-hydrogen) atoms. The summed E-state index contributed by atoms with van der Waals surface area (Å²) < 4.78 is 5.24. The van der Waals surface area contributed by atoms with E-state index in [1.807, 2.05) is 5.01 Å². The van der Waals surface area contributed by atoms with Crippen molar-refractivity contribution in [2.45, 2.75) is 38.1 Å². The summed E-state index contributed by atoms with van der Waals surface area (Å²) in [5, 5.41) is 1.92. The molecule has 0 aromatic carbocycles. The van der Waals surface area contributed by atoms with Crippen molar-refractivity contribution in [2.75, 3.05) is 26.3 Å². The van der Waals surface area contributed by atoms with Crippen molar-refractivity contribution in [3.8, 4) is 0 Å². The molecule has 5 heteroatoms. The highest BCUT2D eigenvalue weighted by molar-refractivity contribution is 5.85. The minimum Gasteiger partial charge on any atom is -0.379 e. The van der Waals surface area contributed by atoms with Crippen molar-refractivity contribution < 1.29 is 9.53 Å². The van der Waals surface area contributed by atoms with Crippen LogP contribution in [0.25, 0.3) is 0 Å². The summed E-state index contributed by atoms with van der Waals surface area (Å²) in [6.45, 7) is 5.01. The monoisotopic (exact) mass is 241 g/mol. The molecule has 2 atom stereocenters. The molecule has 0 bridgehead atoms. The minimum absolute atomic E-state index is 0.0223. The van der Waals surface area contributed by atoms with Crippen LogP contribution >= 0.6 is 0 Å². The van der Waals surface area contributed by atoms with Gasteiger partial charge in [-0.2, -0.15) is 0 Å². The summed E-state index contributed by atoms with van der Waals surface area (Å²) in [7, 11) is 0. The van der Waals surface area contributed by atoms with Crippen LogP contribution in [0.3, 0.4) is 0 Å². The zero-order valence-corrected chi connectivity index (χ0v) is 10.6. The lowest BCUT2D eigenvalue weighted by atomic mass is 9.76. The van der Waals surface area contributed by atoms with Crippen LogP contribution in [0.2, 0.25) is 0 Å². The summed E-state index contributed by atoms with van der Waals surface area (Å²) in [5.74, 6) is 0.523. The standard InChI is InChI=1S/C12H23N3O2/c1-10-3-2-4-12(13,9-10)11(16)14-15-5-7-17-8-6-15/h10H,2-9,13H2,1H3,(H,14,16). The second-order valence-electron chi connectivity index (χ2n) is 5.40. The van der Waals surface area contributed by atoms with Gasteiger partial charge in [-0.3, -0.25) is 10.2 Å². The van der Waals surface area contributed by atoms with Gasteiger partial charge in [0.2, 0.25) is 0 Å². The normalized spacial score (nSPS) is 35.5. The number of hydrazine groups is 1. The Kier molecular flexibility index (Phi) is 4.01. The van der Waals surface area contributed by atoms with Gasteiger partial charge in [-0.25, -0.2) is 5.01 Å². The van der Waals surface area contributed by atoms with Crippen molar-refractivity contribution >= 4 is 5.91 Å². The SMILES string of the molecule is CC1CCCC(N)(C(=O)NN2CCOCC2)C1. The number of amides is 1. The topological polar surface area (TPSA) is 67.6 Å². The van der Waals surface area contributed by atoms with Gasteiger partial charge >= 0.3 is 0 Å². The van der Waals surface area contributed by atoms with Gasteiger partial charge in [0, 0.05) is 13.1 Å². The maximum atomic E-state index is 12.2. The summed E-state index contributed by atoms with van der Waals surface area (Å²) in [5.41, 5.74) is 8.51. The zero-order chi connectivity index (χ0) is 12.3. The molecule has 2 fully saturated rings. The molecule has 1 aliphatic heterocycles. The average Bonchev–Trinajstić information content (AvgIpc) is 2.30. The molecule has 2 rings (SSSR count). The number of ether oxygens (including phenoxy) is 1. The van der Waals surface area contributed by atoms with Gasteiger partial charge in [0.1, 0.15) is 0 Å². The number of hydrogen-bond acceptors (Lipinski definition) is 4. The van der Waals surface area contributed by atoms with E-state index in [0.29, 0.717) is 19.1 Å². The first-order valence-corrected chi connectivity index (χ1v) is 6.53. The van der Waals surface area contributed by atoms with Crippen LogP contribution in [0.4, 0.5) is 0 Å². The highest BCUT2D eigenvalue weighted by Gasteiger charge is 2.38. The summed E-state index contributed by atoms with van der Waals surface area (Å²) in [4.78, 5) is 12.2. The predicted molar refractivity (Wildman–Crippen MR) is 65.1 cm³/mol. The average molecular weight is 241 g/mol. The lowest BCUT2D eigenvalue weighted by Crippen LogP contribution is -2.61. The van der Waals surface area contributed by atoms with Gasteiger partial charge in [0.05, 0.1) is 18.8 Å².